The van der Waals surface area contributed by atoms with Crippen molar-refractivity contribution in [2.45, 2.75) is 44.7 Å². The zero-order valence-electron chi connectivity index (χ0n) is 13.5. The van der Waals surface area contributed by atoms with Crippen molar-refractivity contribution >= 4 is 29.2 Å². The molecule has 1 aliphatic carbocycles. The van der Waals surface area contributed by atoms with Gasteiger partial charge in [0.25, 0.3) is 5.91 Å². The Morgan fingerprint density at radius 1 is 1.29 bits per heavy atom. The number of rotatable bonds is 2. The van der Waals surface area contributed by atoms with Crippen LogP contribution < -0.4 is 5.32 Å². The van der Waals surface area contributed by atoms with Crippen molar-refractivity contribution in [2.24, 2.45) is 5.92 Å². The summed E-state index contributed by atoms with van der Waals surface area (Å²) in [4.78, 5) is 31.0. The fourth-order valence-electron chi connectivity index (χ4n) is 3.67. The van der Waals surface area contributed by atoms with E-state index in [1.807, 2.05) is 6.07 Å². The first-order chi connectivity index (χ1) is 11.5. The molecule has 2 aromatic heterocycles. The van der Waals surface area contributed by atoms with Crippen LogP contribution >= 0.6 is 11.6 Å². The van der Waals surface area contributed by atoms with Crippen molar-refractivity contribution in [3.8, 4) is 0 Å². The lowest BCUT2D eigenvalue weighted by atomic mass is 9.77. The summed E-state index contributed by atoms with van der Waals surface area (Å²) in [5, 5.41) is 3.54. The van der Waals surface area contributed by atoms with Crippen LogP contribution in [0.1, 0.15) is 38.3 Å². The van der Waals surface area contributed by atoms with Crippen LogP contribution in [0.5, 0.6) is 0 Å². The van der Waals surface area contributed by atoms with E-state index in [-0.39, 0.29) is 18.5 Å². The third-order valence-electron chi connectivity index (χ3n) is 5.16. The molecule has 4 rings (SSSR count). The van der Waals surface area contributed by atoms with Gasteiger partial charge in [0.15, 0.2) is 0 Å². The van der Waals surface area contributed by atoms with Crippen molar-refractivity contribution in [2.75, 3.05) is 0 Å². The Morgan fingerprint density at radius 2 is 2.04 bits per heavy atom. The molecule has 0 atom stereocenters. The third-order valence-corrected chi connectivity index (χ3v) is 5.38. The Labute approximate surface area is 144 Å². The fourth-order valence-corrected chi connectivity index (χ4v) is 3.84. The van der Waals surface area contributed by atoms with E-state index in [0.717, 1.165) is 31.3 Å². The van der Waals surface area contributed by atoms with Gasteiger partial charge in [-0.05, 0) is 43.7 Å². The second-order valence-electron chi connectivity index (χ2n) is 6.93. The molecule has 1 aliphatic heterocycles. The molecule has 1 saturated heterocycles. The molecule has 3 amide bonds. The molecule has 7 heteroatoms. The van der Waals surface area contributed by atoms with Crippen LogP contribution in [0.2, 0.25) is 5.02 Å². The summed E-state index contributed by atoms with van der Waals surface area (Å²) < 4.78 is 1.80. The minimum atomic E-state index is -0.702. The topological polar surface area (TPSA) is 66.7 Å². The van der Waals surface area contributed by atoms with Crippen molar-refractivity contribution in [3.05, 3.63) is 35.2 Å². The van der Waals surface area contributed by atoms with Crippen LogP contribution in [-0.2, 0) is 11.3 Å². The van der Waals surface area contributed by atoms with E-state index in [0.29, 0.717) is 16.6 Å². The maximum Gasteiger partial charge on any atom is 0.325 e. The number of imidazole rings is 1. The monoisotopic (exact) mass is 346 g/mol. The first-order valence-corrected chi connectivity index (χ1v) is 8.62. The largest absolute Gasteiger partial charge is 0.325 e. The number of halogens is 1. The van der Waals surface area contributed by atoms with Crippen LogP contribution in [0.3, 0.4) is 0 Å². The minimum Gasteiger partial charge on any atom is -0.323 e. The second-order valence-corrected chi connectivity index (χ2v) is 7.37. The van der Waals surface area contributed by atoms with Crippen LogP contribution in [0.4, 0.5) is 4.79 Å². The summed E-state index contributed by atoms with van der Waals surface area (Å²) in [7, 11) is 0. The van der Waals surface area contributed by atoms with Gasteiger partial charge in [-0.1, -0.05) is 18.5 Å². The summed E-state index contributed by atoms with van der Waals surface area (Å²) in [5.41, 5.74) is 0.705. The first-order valence-electron chi connectivity index (χ1n) is 8.24. The first kappa shape index (κ1) is 15.4. The molecule has 24 heavy (non-hydrogen) atoms. The number of carbonyl (C=O) groups excluding carboxylic acids is 2. The maximum atomic E-state index is 12.9. The molecule has 1 spiro atoms. The standard InChI is InChI=1S/C17H19ClN4O2/c1-11-4-6-17(7-5-11)15(23)22(16(24)20-17)10-13-9-21-8-12(18)2-3-14(21)19-13/h2-3,8-9,11H,4-7,10H2,1H3,(H,20,24). The number of amides is 3. The number of nitrogens with zero attached hydrogens (tertiary/aromatic N) is 3. The Bertz CT molecular complexity index is 823. The van der Waals surface area contributed by atoms with Gasteiger partial charge in [0, 0.05) is 12.4 Å². The van der Waals surface area contributed by atoms with Crippen LogP contribution in [-0.4, -0.2) is 31.8 Å². The molecule has 3 heterocycles. The number of urea groups is 1. The number of fused-ring (bicyclic) bond motifs is 1. The number of imide groups is 1. The van der Waals surface area contributed by atoms with Crippen molar-refractivity contribution in [1.29, 1.82) is 0 Å². The van der Waals surface area contributed by atoms with E-state index in [4.69, 9.17) is 11.6 Å². The highest BCUT2D eigenvalue weighted by atomic mass is 35.5. The smallest absolute Gasteiger partial charge is 0.323 e. The van der Waals surface area contributed by atoms with E-state index in [9.17, 15) is 9.59 Å². The normalized spacial score (nSPS) is 27.2. The van der Waals surface area contributed by atoms with Crippen molar-refractivity contribution in [3.63, 3.8) is 0 Å². The zero-order valence-corrected chi connectivity index (χ0v) is 14.2. The minimum absolute atomic E-state index is 0.116. The predicted octanol–water partition coefficient (Wildman–Crippen LogP) is 2.99. The van der Waals surface area contributed by atoms with Crippen molar-refractivity contribution in [1.82, 2.24) is 19.6 Å². The molecule has 126 valence electrons. The number of pyridine rings is 1. The van der Waals surface area contributed by atoms with Gasteiger partial charge in [-0.15, -0.1) is 0 Å². The molecule has 1 saturated carbocycles. The zero-order chi connectivity index (χ0) is 16.9. The van der Waals surface area contributed by atoms with Crippen molar-refractivity contribution < 1.29 is 9.59 Å². The molecule has 2 aromatic rings. The average molecular weight is 347 g/mol. The Hall–Kier alpha value is -2.08. The van der Waals surface area contributed by atoms with E-state index in [1.54, 1.807) is 22.9 Å². The average Bonchev–Trinajstić information content (AvgIpc) is 3.04. The third kappa shape index (κ3) is 2.45. The van der Waals surface area contributed by atoms with Gasteiger partial charge in [0.1, 0.15) is 11.2 Å². The quantitative estimate of drug-likeness (QED) is 0.850. The molecule has 1 N–H and O–H groups in total. The molecule has 2 fully saturated rings. The summed E-state index contributed by atoms with van der Waals surface area (Å²) in [6.45, 7) is 2.37. The molecule has 6 nitrogen and oxygen atoms in total. The predicted molar refractivity (Wildman–Crippen MR) is 89.6 cm³/mol. The Balaban J connectivity index is 1.57. The lowest BCUT2D eigenvalue weighted by Gasteiger charge is -2.33. The van der Waals surface area contributed by atoms with Gasteiger partial charge < -0.3 is 9.72 Å². The van der Waals surface area contributed by atoms with Crippen LogP contribution in [0.25, 0.3) is 5.65 Å². The van der Waals surface area contributed by atoms with Gasteiger partial charge in [0.05, 0.1) is 17.3 Å². The molecule has 2 aliphatic rings. The SMILES string of the molecule is CC1CCC2(CC1)NC(=O)N(Cc1cn3cc(Cl)ccc3n1)C2=O. The van der Waals surface area contributed by atoms with Crippen LogP contribution in [0, 0.1) is 5.92 Å². The molecular weight excluding hydrogens is 328 g/mol. The van der Waals surface area contributed by atoms with E-state index in [1.165, 1.54) is 4.90 Å². The van der Waals surface area contributed by atoms with Gasteiger partial charge in [-0.2, -0.15) is 0 Å². The molecule has 0 bridgehead atoms. The Morgan fingerprint density at radius 3 is 2.79 bits per heavy atom. The van der Waals surface area contributed by atoms with Gasteiger partial charge >= 0.3 is 6.03 Å². The highest BCUT2D eigenvalue weighted by Gasteiger charge is 2.52. The molecule has 0 aromatic carbocycles. The Kier molecular flexibility index (Phi) is 3.53. The lowest BCUT2D eigenvalue weighted by Crippen LogP contribution is -2.49. The number of hydrogen-bond donors (Lipinski definition) is 1. The van der Waals surface area contributed by atoms with E-state index >= 15 is 0 Å². The summed E-state index contributed by atoms with van der Waals surface area (Å²) in [6, 6.07) is 3.26. The van der Waals surface area contributed by atoms with Gasteiger partial charge in [-0.25, -0.2) is 9.78 Å². The maximum absolute atomic E-state index is 12.9. The molecule has 0 unspecified atom stereocenters. The van der Waals surface area contributed by atoms with Gasteiger partial charge in [0.2, 0.25) is 0 Å². The number of carbonyl (C=O) groups is 2. The number of nitrogens with one attached hydrogen (secondary N) is 1. The molecular formula is C17H19ClN4O2. The van der Waals surface area contributed by atoms with Gasteiger partial charge in [-0.3, -0.25) is 9.69 Å². The second kappa shape index (κ2) is 5.48. The summed E-state index contributed by atoms with van der Waals surface area (Å²) in [5.74, 6) is 0.493. The highest BCUT2D eigenvalue weighted by molar-refractivity contribution is 6.30. The van der Waals surface area contributed by atoms with E-state index < -0.39 is 5.54 Å². The number of aromatic nitrogens is 2. The van der Waals surface area contributed by atoms with Crippen LogP contribution in [0.15, 0.2) is 24.5 Å². The lowest BCUT2D eigenvalue weighted by molar-refractivity contribution is -0.133. The summed E-state index contributed by atoms with van der Waals surface area (Å²) >= 11 is 5.98. The highest BCUT2D eigenvalue weighted by Crippen LogP contribution is 2.36. The number of hydrogen-bond acceptors (Lipinski definition) is 3. The van der Waals surface area contributed by atoms with E-state index in [2.05, 4.69) is 17.2 Å². The summed E-state index contributed by atoms with van der Waals surface area (Å²) in [6.07, 6.45) is 6.92. The molecule has 0 radical (unpaired) electrons. The fraction of sp³-hybridized carbons (Fsp3) is 0.471.